The molecule has 7 nitrogen and oxygen atoms in total. The van der Waals surface area contributed by atoms with Gasteiger partial charge in [0.15, 0.2) is 5.13 Å². The smallest absolute Gasteiger partial charge is 0.350 e. The summed E-state index contributed by atoms with van der Waals surface area (Å²) in [4.78, 5) is 26.2. The Kier molecular flexibility index (Phi) is 5.30. The lowest BCUT2D eigenvalue weighted by Crippen LogP contribution is -2.30. The van der Waals surface area contributed by atoms with Crippen LogP contribution < -0.4 is 9.80 Å². The minimum Gasteiger partial charge on any atom is -0.462 e. The molecule has 9 heteroatoms. The first-order chi connectivity index (χ1) is 11.6. The van der Waals surface area contributed by atoms with Crippen molar-refractivity contribution in [2.75, 3.05) is 42.6 Å². The van der Waals surface area contributed by atoms with E-state index < -0.39 is 0 Å². The first kappa shape index (κ1) is 17.1. The van der Waals surface area contributed by atoms with Crippen LogP contribution in [0.5, 0.6) is 0 Å². The topological polar surface area (TPSA) is 71.5 Å². The number of carbonyl (C=O) groups excluding carboxylic acids is 1. The van der Waals surface area contributed by atoms with Crippen LogP contribution in [0.1, 0.15) is 34.5 Å². The molecule has 0 atom stereocenters. The predicted molar refractivity (Wildman–Crippen MR) is 96.5 cm³/mol. The molecule has 2 aromatic heterocycles. The van der Waals surface area contributed by atoms with E-state index in [2.05, 4.69) is 24.1 Å². The summed E-state index contributed by atoms with van der Waals surface area (Å²) in [6.07, 6.45) is 1.02. The molecule has 1 fully saturated rings. The SMILES string of the molecule is CCOC(=O)c1sc(N2CCCN(c3nc(C)ns3)CC2)nc1C. The Labute approximate surface area is 149 Å². The number of rotatable bonds is 4. The zero-order chi connectivity index (χ0) is 17.1. The fourth-order valence-electron chi connectivity index (χ4n) is 2.62. The number of aromatic nitrogens is 3. The molecule has 0 spiro atoms. The van der Waals surface area contributed by atoms with E-state index in [4.69, 9.17) is 4.74 Å². The largest absolute Gasteiger partial charge is 0.462 e. The van der Waals surface area contributed by atoms with Crippen LogP contribution in [-0.4, -0.2) is 53.1 Å². The highest BCUT2D eigenvalue weighted by Gasteiger charge is 2.23. The van der Waals surface area contributed by atoms with Gasteiger partial charge in [0.25, 0.3) is 0 Å². The van der Waals surface area contributed by atoms with E-state index in [1.54, 1.807) is 0 Å². The molecular formula is C15H21N5O2S2. The van der Waals surface area contributed by atoms with Gasteiger partial charge in [0.1, 0.15) is 10.7 Å². The highest BCUT2D eigenvalue weighted by molar-refractivity contribution is 7.17. The molecule has 0 saturated carbocycles. The highest BCUT2D eigenvalue weighted by atomic mass is 32.1. The van der Waals surface area contributed by atoms with Crippen molar-refractivity contribution in [2.24, 2.45) is 0 Å². The van der Waals surface area contributed by atoms with Crippen LogP contribution in [0.15, 0.2) is 0 Å². The number of thiazole rings is 1. The van der Waals surface area contributed by atoms with Crippen molar-refractivity contribution in [3.8, 4) is 0 Å². The molecule has 0 unspecified atom stereocenters. The number of esters is 1. The van der Waals surface area contributed by atoms with Gasteiger partial charge >= 0.3 is 5.97 Å². The van der Waals surface area contributed by atoms with Crippen molar-refractivity contribution in [3.05, 3.63) is 16.4 Å². The molecule has 1 aliphatic heterocycles. The molecule has 1 aliphatic rings. The summed E-state index contributed by atoms with van der Waals surface area (Å²) in [5, 5.41) is 1.88. The van der Waals surface area contributed by atoms with E-state index in [0.717, 1.165) is 54.4 Å². The van der Waals surface area contributed by atoms with Gasteiger partial charge in [-0.15, -0.1) is 0 Å². The molecular weight excluding hydrogens is 346 g/mol. The van der Waals surface area contributed by atoms with Crippen LogP contribution in [0, 0.1) is 13.8 Å². The Morgan fingerprint density at radius 2 is 1.83 bits per heavy atom. The number of hydrogen-bond donors (Lipinski definition) is 0. The van der Waals surface area contributed by atoms with Crippen LogP contribution >= 0.6 is 22.9 Å². The van der Waals surface area contributed by atoms with Crippen LogP contribution in [-0.2, 0) is 4.74 Å². The summed E-state index contributed by atoms with van der Waals surface area (Å²) in [6, 6.07) is 0. The van der Waals surface area contributed by atoms with Gasteiger partial charge in [-0.2, -0.15) is 4.37 Å². The van der Waals surface area contributed by atoms with Gasteiger partial charge in [-0.3, -0.25) is 0 Å². The molecule has 0 bridgehead atoms. The second kappa shape index (κ2) is 7.43. The molecule has 0 radical (unpaired) electrons. The van der Waals surface area contributed by atoms with Crippen LogP contribution in [0.25, 0.3) is 0 Å². The number of aryl methyl sites for hydroxylation is 2. The summed E-state index contributed by atoms with van der Waals surface area (Å²) in [5.74, 6) is 0.547. The summed E-state index contributed by atoms with van der Waals surface area (Å²) >= 11 is 2.87. The first-order valence-electron chi connectivity index (χ1n) is 8.03. The third-order valence-electron chi connectivity index (χ3n) is 3.80. The quantitative estimate of drug-likeness (QED) is 0.769. The summed E-state index contributed by atoms with van der Waals surface area (Å²) in [7, 11) is 0. The Balaban J connectivity index is 1.70. The second-order valence-electron chi connectivity index (χ2n) is 5.58. The molecule has 24 heavy (non-hydrogen) atoms. The lowest BCUT2D eigenvalue weighted by atomic mass is 10.4. The lowest BCUT2D eigenvalue weighted by Gasteiger charge is -2.20. The summed E-state index contributed by atoms with van der Waals surface area (Å²) in [5.41, 5.74) is 0.745. The number of nitrogens with zero attached hydrogens (tertiary/aromatic N) is 5. The second-order valence-corrected chi connectivity index (χ2v) is 7.29. The Hall–Kier alpha value is -1.74. The summed E-state index contributed by atoms with van der Waals surface area (Å²) < 4.78 is 9.37. The maximum atomic E-state index is 12.0. The number of ether oxygens (including phenoxy) is 1. The van der Waals surface area contributed by atoms with E-state index in [-0.39, 0.29) is 5.97 Å². The van der Waals surface area contributed by atoms with E-state index >= 15 is 0 Å². The van der Waals surface area contributed by atoms with Crippen molar-refractivity contribution < 1.29 is 9.53 Å². The fourth-order valence-corrected chi connectivity index (χ4v) is 4.36. The van der Waals surface area contributed by atoms with E-state index in [1.165, 1.54) is 22.9 Å². The molecule has 0 N–H and O–H groups in total. The van der Waals surface area contributed by atoms with Crippen molar-refractivity contribution in [3.63, 3.8) is 0 Å². The van der Waals surface area contributed by atoms with Gasteiger partial charge in [0.05, 0.1) is 12.3 Å². The maximum absolute atomic E-state index is 12.0. The zero-order valence-corrected chi connectivity index (χ0v) is 15.7. The molecule has 1 saturated heterocycles. The van der Waals surface area contributed by atoms with Gasteiger partial charge < -0.3 is 14.5 Å². The maximum Gasteiger partial charge on any atom is 0.350 e. The first-order valence-corrected chi connectivity index (χ1v) is 9.62. The third-order valence-corrected chi connectivity index (χ3v) is 5.87. The van der Waals surface area contributed by atoms with Crippen molar-refractivity contribution in [1.29, 1.82) is 0 Å². The molecule has 0 aliphatic carbocycles. The normalized spacial score (nSPS) is 15.5. The number of hydrogen-bond acceptors (Lipinski definition) is 9. The Bertz CT molecular complexity index is 715. The highest BCUT2D eigenvalue weighted by Crippen LogP contribution is 2.28. The van der Waals surface area contributed by atoms with Crippen molar-refractivity contribution in [2.45, 2.75) is 27.2 Å². The van der Waals surface area contributed by atoms with Gasteiger partial charge in [0, 0.05) is 37.7 Å². The van der Waals surface area contributed by atoms with E-state index in [0.29, 0.717) is 11.5 Å². The van der Waals surface area contributed by atoms with Crippen molar-refractivity contribution in [1.82, 2.24) is 14.3 Å². The van der Waals surface area contributed by atoms with Crippen LogP contribution in [0.4, 0.5) is 10.3 Å². The monoisotopic (exact) mass is 367 g/mol. The van der Waals surface area contributed by atoms with Gasteiger partial charge in [-0.05, 0) is 27.2 Å². The number of carbonyl (C=O) groups is 1. The fraction of sp³-hybridized carbons (Fsp3) is 0.600. The van der Waals surface area contributed by atoms with Gasteiger partial charge in [-0.1, -0.05) is 11.3 Å². The van der Waals surface area contributed by atoms with Gasteiger partial charge in [-0.25, -0.2) is 14.8 Å². The molecule has 130 valence electrons. The summed E-state index contributed by atoms with van der Waals surface area (Å²) in [6.45, 7) is 9.58. The molecule has 0 aromatic carbocycles. The van der Waals surface area contributed by atoms with Crippen LogP contribution in [0.2, 0.25) is 0 Å². The molecule has 3 heterocycles. The third kappa shape index (κ3) is 3.67. The Morgan fingerprint density at radius 1 is 1.12 bits per heavy atom. The van der Waals surface area contributed by atoms with Crippen LogP contribution in [0.3, 0.4) is 0 Å². The molecule has 2 aromatic rings. The van der Waals surface area contributed by atoms with Gasteiger partial charge in [0.2, 0.25) is 5.13 Å². The van der Waals surface area contributed by atoms with E-state index in [1.807, 2.05) is 20.8 Å². The average Bonchev–Trinajstić information content (AvgIpc) is 3.06. The standard InChI is InChI=1S/C15H21N5O2S2/c1-4-22-13(21)12-10(2)16-14(23-12)19-6-5-7-20(9-8-19)15-17-11(3)18-24-15/h4-9H2,1-3H3. The lowest BCUT2D eigenvalue weighted by molar-refractivity contribution is 0.0531. The Morgan fingerprint density at radius 3 is 2.46 bits per heavy atom. The molecule has 3 rings (SSSR count). The minimum atomic E-state index is -0.278. The minimum absolute atomic E-state index is 0.278. The molecule has 0 amide bonds. The van der Waals surface area contributed by atoms with E-state index in [9.17, 15) is 4.79 Å². The number of anilines is 2. The van der Waals surface area contributed by atoms with Crippen molar-refractivity contribution >= 4 is 39.1 Å². The average molecular weight is 368 g/mol. The zero-order valence-electron chi connectivity index (χ0n) is 14.1. The predicted octanol–water partition coefficient (Wildman–Crippen LogP) is 2.50.